The van der Waals surface area contributed by atoms with Crippen LogP contribution < -0.4 is 5.73 Å². The summed E-state index contributed by atoms with van der Waals surface area (Å²) in [5, 5.41) is 9.46. The number of rotatable bonds is 0. The lowest BCUT2D eigenvalue weighted by Crippen LogP contribution is -2.38. The first-order chi connectivity index (χ1) is 4.10. The highest BCUT2D eigenvalue weighted by atomic mass is 35.5. The minimum Gasteiger partial charge on any atom is -0.390 e. The molecular formula is C7H16ClNO. The van der Waals surface area contributed by atoms with Gasteiger partial charge >= 0.3 is 0 Å². The summed E-state index contributed by atoms with van der Waals surface area (Å²) in [6.45, 7) is 1.87. The Kier molecular flexibility index (Phi) is 3.63. The second-order valence-electron chi connectivity index (χ2n) is 3.35. The van der Waals surface area contributed by atoms with Crippen molar-refractivity contribution in [3.63, 3.8) is 0 Å². The van der Waals surface area contributed by atoms with Crippen molar-refractivity contribution >= 4 is 12.4 Å². The molecule has 0 aliphatic heterocycles. The topological polar surface area (TPSA) is 46.2 Å². The van der Waals surface area contributed by atoms with Crippen LogP contribution in [0, 0.1) is 0 Å². The summed E-state index contributed by atoms with van der Waals surface area (Å²) in [5.41, 5.74) is 5.18. The van der Waals surface area contributed by atoms with E-state index in [9.17, 15) is 5.11 Å². The molecule has 1 aliphatic rings. The molecule has 0 heterocycles. The Morgan fingerprint density at radius 2 is 2.20 bits per heavy atom. The van der Waals surface area contributed by atoms with E-state index in [1.807, 2.05) is 6.92 Å². The van der Waals surface area contributed by atoms with Crippen molar-refractivity contribution in [3.8, 4) is 0 Å². The highest BCUT2D eigenvalue weighted by molar-refractivity contribution is 5.85. The molecule has 0 saturated heterocycles. The van der Waals surface area contributed by atoms with E-state index in [0.717, 1.165) is 25.7 Å². The van der Waals surface area contributed by atoms with Gasteiger partial charge in [0.2, 0.25) is 0 Å². The Hall–Kier alpha value is 0.210. The quantitative estimate of drug-likeness (QED) is 0.564. The number of halogens is 1. The largest absolute Gasteiger partial charge is 0.390 e. The van der Waals surface area contributed by atoms with Gasteiger partial charge in [0.05, 0.1) is 5.60 Å². The van der Waals surface area contributed by atoms with Gasteiger partial charge < -0.3 is 10.8 Å². The maximum atomic E-state index is 9.46. The van der Waals surface area contributed by atoms with Crippen molar-refractivity contribution in [2.24, 2.45) is 5.73 Å². The maximum absolute atomic E-state index is 9.46. The minimum atomic E-state index is -0.475. The third kappa shape index (κ3) is 2.86. The highest BCUT2D eigenvalue weighted by Gasteiger charge is 2.27. The van der Waals surface area contributed by atoms with Gasteiger partial charge in [-0.2, -0.15) is 0 Å². The molecule has 0 unspecified atom stereocenters. The lowest BCUT2D eigenvalue weighted by molar-refractivity contribution is 0.0156. The van der Waals surface area contributed by atoms with E-state index in [-0.39, 0.29) is 18.4 Å². The average Bonchev–Trinajstić information content (AvgIpc) is 1.60. The summed E-state index contributed by atoms with van der Waals surface area (Å²) < 4.78 is 0. The second-order valence-corrected chi connectivity index (χ2v) is 3.35. The van der Waals surface area contributed by atoms with Crippen LogP contribution in [-0.4, -0.2) is 16.7 Å². The van der Waals surface area contributed by atoms with Crippen molar-refractivity contribution in [1.29, 1.82) is 0 Å². The third-order valence-electron chi connectivity index (χ3n) is 1.99. The van der Waals surface area contributed by atoms with Gasteiger partial charge in [-0.05, 0) is 32.6 Å². The van der Waals surface area contributed by atoms with Crippen LogP contribution in [0.5, 0.6) is 0 Å². The van der Waals surface area contributed by atoms with Crippen LogP contribution in [0.3, 0.4) is 0 Å². The first-order valence-electron chi connectivity index (χ1n) is 3.58. The van der Waals surface area contributed by atoms with Crippen molar-refractivity contribution in [2.45, 2.75) is 44.2 Å². The van der Waals surface area contributed by atoms with E-state index >= 15 is 0 Å². The monoisotopic (exact) mass is 165 g/mol. The summed E-state index contributed by atoms with van der Waals surface area (Å²) >= 11 is 0. The molecule has 0 aromatic rings. The predicted octanol–water partition coefficient (Wildman–Crippen LogP) is 1.06. The smallest absolute Gasteiger partial charge is 0.0634 e. The molecule has 2 atom stereocenters. The van der Waals surface area contributed by atoms with E-state index < -0.39 is 5.60 Å². The molecule has 0 bridgehead atoms. The molecule has 0 spiro atoms. The molecule has 0 aromatic carbocycles. The standard InChI is InChI=1S/C7H15NO.ClH/c1-7(9)4-2-3-6(8)5-7;/h6,9H,2-5,8H2,1H3;1H/t6-,7+;/m0./s1. The fourth-order valence-corrected chi connectivity index (χ4v) is 1.51. The van der Waals surface area contributed by atoms with Crippen molar-refractivity contribution < 1.29 is 5.11 Å². The van der Waals surface area contributed by atoms with Crippen LogP contribution in [-0.2, 0) is 0 Å². The van der Waals surface area contributed by atoms with Gasteiger partial charge in [-0.15, -0.1) is 12.4 Å². The van der Waals surface area contributed by atoms with Crippen molar-refractivity contribution in [1.82, 2.24) is 0 Å². The van der Waals surface area contributed by atoms with E-state index in [4.69, 9.17) is 5.73 Å². The van der Waals surface area contributed by atoms with Gasteiger partial charge in [-0.25, -0.2) is 0 Å². The minimum absolute atomic E-state index is 0. The van der Waals surface area contributed by atoms with Crippen LogP contribution in [0.1, 0.15) is 32.6 Å². The Morgan fingerprint density at radius 1 is 1.60 bits per heavy atom. The summed E-state index contributed by atoms with van der Waals surface area (Å²) in [4.78, 5) is 0. The average molecular weight is 166 g/mol. The highest BCUT2D eigenvalue weighted by Crippen LogP contribution is 2.26. The lowest BCUT2D eigenvalue weighted by Gasteiger charge is -2.31. The maximum Gasteiger partial charge on any atom is 0.0634 e. The molecule has 2 nitrogen and oxygen atoms in total. The van der Waals surface area contributed by atoms with Crippen LogP contribution in [0.25, 0.3) is 0 Å². The van der Waals surface area contributed by atoms with Crippen molar-refractivity contribution in [3.05, 3.63) is 0 Å². The Labute approximate surface area is 68.2 Å². The fourth-order valence-electron chi connectivity index (χ4n) is 1.51. The third-order valence-corrected chi connectivity index (χ3v) is 1.99. The van der Waals surface area contributed by atoms with E-state index in [1.54, 1.807) is 0 Å². The number of hydrogen-bond donors (Lipinski definition) is 2. The fraction of sp³-hybridized carbons (Fsp3) is 1.00. The van der Waals surface area contributed by atoms with E-state index in [2.05, 4.69) is 0 Å². The Bertz CT molecular complexity index is 106. The molecule has 1 aliphatic carbocycles. The number of hydrogen-bond acceptors (Lipinski definition) is 2. The van der Waals surface area contributed by atoms with Gasteiger partial charge in [-0.1, -0.05) is 0 Å². The molecular weight excluding hydrogens is 150 g/mol. The second kappa shape index (κ2) is 3.56. The molecule has 0 amide bonds. The number of aliphatic hydroxyl groups is 1. The molecule has 1 fully saturated rings. The zero-order valence-electron chi connectivity index (χ0n) is 6.34. The van der Waals surface area contributed by atoms with Crippen LogP contribution >= 0.6 is 12.4 Å². The van der Waals surface area contributed by atoms with E-state index in [1.165, 1.54) is 0 Å². The summed E-state index contributed by atoms with van der Waals surface area (Å²) in [6, 6.07) is 0.230. The molecule has 1 saturated carbocycles. The predicted molar refractivity (Wildman–Crippen MR) is 44.3 cm³/mol. The van der Waals surface area contributed by atoms with Crippen molar-refractivity contribution in [2.75, 3.05) is 0 Å². The van der Waals surface area contributed by atoms with Gasteiger partial charge in [0, 0.05) is 6.04 Å². The molecule has 0 radical (unpaired) electrons. The first-order valence-corrected chi connectivity index (χ1v) is 3.58. The van der Waals surface area contributed by atoms with E-state index in [0.29, 0.717) is 0 Å². The Balaban J connectivity index is 0.000000810. The van der Waals surface area contributed by atoms with Gasteiger partial charge in [0.15, 0.2) is 0 Å². The Morgan fingerprint density at radius 3 is 2.50 bits per heavy atom. The molecule has 3 heteroatoms. The first kappa shape index (κ1) is 10.2. The molecule has 10 heavy (non-hydrogen) atoms. The van der Waals surface area contributed by atoms with Crippen LogP contribution in [0.4, 0.5) is 0 Å². The van der Waals surface area contributed by atoms with Gasteiger partial charge in [0.1, 0.15) is 0 Å². The van der Waals surface area contributed by atoms with Gasteiger partial charge in [-0.3, -0.25) is 0 Å². The SMILES string of the molecule is C[C@@]1(O)CCC[C@H](N)C1.Cl. The zero-order valence-corrected chi connectivity index (χ0v) is 7.16. The van der Waals surface area contributed by atoms with Crippen LogP contribution in [0.2, 0.25) is 0 Å². The lowest BCUT2D eigenvalue weighted by atomic mass is 9.84. The molecule has 62 valence electrons. The summed E-state index contributed by atoms with van der Waals surface area (Å²) in [6.07, 6.45) is 3.85. The number of nitrogens with two attached hydrogens (primary N) is 1. The summed E-state index contributed by atoms with van der Waals surface area (Å²) in [5.74, 6) is 0. The normalized spacial score (nSPS) is 40.5. The molecule has 3 N–H and O–H groups in total. The molecule has 1 rings (SSSR count). The van der Waals surface area contributed by atoms with Gasteiger partial charge in [0.25, 0.3) is 0 Å². The summed E-state index contributed by atoms with van der Waals surface area (Å²) in [7, 11) is 0. The van der Waals surface area contributed by atoms with Crippen LogP contribution in [0.15, 0.2) is 0 Å². The molecule has 0 aromatic heterocycles. The zero-order chi connectivity index (χ0) is 6.91.